The number of carbonyl (C=O) groups is 1. The molecule has 0 radical (unpaired) electrons. The fraction of sp³-hybridized carbons (Fsp3) is 0.500. The molecule has 0 saturated heterocycles. The lowest BCUT2D eigenvalue weighted by Gasteiger charge is -1.72. The largest absolute Gasteiger partial charge is 0.478 e. The zero-order valence-corrected chi connectivity index (χ0v) is 8.08. The molecule has 0 amide bonds. The number of carboxylic acids is 1. The number of rotatable bonds is 3. The first kappa shape index (κ1) is 13.5. The quantitative estimate of drug-likeness (QED) is 0.522. The average molecular weight is 170 g/mol. The number of hydrogen-bond acceptors (Lipinski definition) is 1. The predicted octanol–water partition coefficient (Wildman–Crippen LogP) is 3.01. The van der Waals surface area contributed by atoms with Gasteiger partial charge in [0.05, 0.1) is 0 Å². The van der Waals surface area contributed by atoms with Crippen molar-refractivity contribution < 1.29 is 9.90 Å². The van der Waals surface area contributed by atoms with Crippen molar-refractivity contribution in [3.63, 3.8) is 0 Å². The third kappa shape index (κ3) is 23.1. The minimum atomic E-state index is -0.914. The number of hydrogen-bond donors (Lipinski definition) is 1. The zero-order chi connectivity index (χ0) is 9.82. The van der Waals surface area contributed by atoms with Gasteiger partial charge in [-0.15, -0.1) is 0 Å². The first-order chi connectivity index (χ1) is 5.68. The monoisotopic (exact) mass is 170 g/mol. The van der Waals surface area contributed by atoms with E-state index >= 15 is 0 Å². The standard InChI is InChI=1S/C6H8O2.C4H10/c1-2-3-4-5-6(7)8;1-3-4-2/h2-5H,1H3,(H,7,8);3-4H2,1-2H3/b3-2+,5-4+;. The van der Waals surface area contributed by atoms with Gasteiger partial charge in [-0.1, -0.05) is 44.9 Å². The fourth-order valence-corrected chi connectivity index (χ4v) is 0.249. The highest BCUT2D eigenvalue weighted by molar-refractivity contribution is 5.80. The van der Waals surface area contributed by atoms with E-state index < -0.39 is 5.97 Å². The van der Waals surface area contributed by atoms with Crippen LogP contribution in [0.2, 0.25) is 0 Å². The molecule has 0 saturated carbocycles. The third-order valence-corrected chi connectivity index (χ3v) is 1.04. The zero-order valence-electron chi connectivity index (χ0n) is 8.08. The molecule has 0 bridgehead atoms. The van der Waals surface area contributed by atoms with E-state index in [0.29, 0.717) is 0 Å². The van der Waals surface area contributed by atoms with Crippen LogP contribution in [0.15, 0.2) is 24.3 Å². The lowest BCUT2D eigenvalue weighted by molar-refractivity contribution is -0.131. The van der Waals surface area contributed by atoms with Gasteiger partial charge < -0.3 is 5.11 Å². The molecule has 0 rings (SSSR count). The molecule has 2 nitrogen and oxygen atoms in total. The molecule has 1 N–H and O–H groups in total. The van der Waals surface area contributed by atoms with E-state index in [1.165, 1.54) is 18.9 Å². The molecule has 70 valence electrons. The Bertz CT molecular complexity index is 144. The Morgan fingerprint density at radius 3 is 2.00 bits per heavy atom. The Morgan fingerprint density at radius 2 is 1.75 bits per heavy atom. The number of aliphatic carboxylic acids is 1. The number of carboxylic acid groups (broad SMARTS) is 1. The maximum Gasteiger partial charge on any atom is 0.328 e. The van der Waals surface area contributed by atoms with Gasteiger partial charge in [-0.05, 0) is 6.92 Å². The highest BCUT2D eigenvalue weighted by Gasteiger charge is 1.78. The fourth-order valence-electron chi connectivity index (χ4n) is 0.249. The molecule has 0 heterocycles. The summed E-state index contributed by atoms with van der Waals surface area (Å²) in [5, 5.41) is 8.02. The summed E-state index contributed by atoms with van der Waals surface area (Å²) in [7, 11) is 0. The number of allylic oxidation sites excluding steroid dienone is 3. The lowest BCUT2D eigenvalue weighted by Crippen LogP contribution is -1.83. The van der Waals surface area contributed by atoms with E-state index in [2.05, 4.69) is 13.8 Å². The van der Waals surface area contributed by atoms with Crippen molar-refractivity contribution in [2.75, 3.05) is 0 Å². The maximum absolute atomic E-state index is 9.75. The summed E-state index contributed by atoms with van der Waals surface area (Å²) in [6.45, 7) is 6.19. The Morgan fingerprint density at radius 1 is 1.25 bits per heavy atom. The molecular formula is C10H18O2. The van der Waals surface area contributed by atoms with Crippen LogP contribution in [-0.2, 0) is 4.79 Å². The second-order valence-corrected chi connectivity index (χ2v) is 2.22. The average Bonchev–Trinajstić information content (AvgIpc) is 2.05. The summed E-state index contributed by atoms with van der Waals surface area (Å²) in [4.78, 5) is 9.75. The summed E-state index contributed by atoms with van der Waals surface area (Å²) in [6, 6.07) is 0. The van der Waals surface area contributed by atoms with Crippen LogP contribution >= 0.6 is 0 Å². The van der Waals surface area contributed by atoms with Gasteiger partial charge in [-0.25, -0.2) is 4.79 Å². The Hall–Kier alpha value is -1.05. The van der Waals surface area contributed by atoms with E-state index in [9.17, 15) is 4.79 Å². The Balaban J connectivity index is 0. The van der Waals surface area contributed by atoms with E-state index in [1.807, 2.05) is 6.92 Å². The van der Waals surface area contributed by atoms with Crippen LogP contribution in [0, 0.1) is 0 Å². The molecule has 0 spiro atoms. The van der Waals surface area contributed by atoms with Crippen LogP contribution in [0.1, 0.15) is 33.6 Å². The van der Waals surface area contributed by atoms with E-state index in [-0.39, 0.29) is 0 Å². The van der Waals surface area contributed by atoms with Gasteiger partial charge in [0, 0.05) is 6.08 Å². The highest BCUT2D eigenvalue weighted by atomic mass is 16.4. The van der Waals surface area contributed by atoms with Gasteiger partial charge in [0.2, 0.25) is 0 Å². The first-order valence-electron chi connectivity index (χ1n) is 4.21. The molecule has 0 aromatic carbocycles. The summed E-state index contributed by atoms with van der Waals surface area (Å²) in [6.07, 6.45) is 8.62. The van der Waals surface area contributed by atoms with Gasteiger partial charge >= 0.3 is 5.97 Å². The normalized spacial score (nSPS) is 9.92. The van der Waals surface area contributed by atoms with Gasteiger partial charge in [-0.2, -0.15) is 0 Å². The van der Waals surface area contributed by atoms with E-state index in [0.717, 1.165) is 6.08 Å². The first-order valence-corrected chi connectivity index (χ1v) is 4.21. The predicted molar refractivity (Wildman–Crippen MR) is 52.2 cm³/mol. The van der Waals surface area contributed by atoms with Crippen molar-refractivity contribution in [2.45, 2.75) is 33.6 Å². The Labute approximate surface area is 74.6 Å². The molecular weight excluding hydrogens is 152 g/mol. The van der Waals surface area contributed by atoms with Crippen molar-refractivity contribution >= 4 is 5.97 Å². The molecule has 0 fully saturated rings. The molecule has 0 aliphatic heterocycles. The molecule has 2 heteroatoms. The van der Waals surface area contributed by atoms with Crippen molar-refractivity contribution in [1.29, 1.82) is 0 Å². The second kappa shape index (κ2) is 12.6. The van der Waals surface area contributed by atoms with Crippen LogP contribution in [0.4, 0.5) is 0 Å². The van der Waals surface area contributed by atoms with Crippen LogP contribution in [0.25, 0.3) is 0 Å². The Kier molecular flexibility index (Phi) is 14.2. The minimum Gasteiger partial charge on any atom is -0.478 e. The topological polar surface area (TPSA) is 37.3 Å². The van der Waals surface area contributed by atoms with Gasteiger partial charge in [0.25, 0.3) is 0 Å². The molecule has 0 aliphatic rings. The molecule has 0 atom stereocenters. The minimum absolute atomic E-state index is 0.914. The summed E-state index contributed by atoms with van der Waals surface area (Å²) in [5.41, 5.74) is 0. The van der Waals surface area contributed by atoms with Crippen molar-refractivity contribution in [1.82, 2.24) is 0 Å². The molecule has 0 aromatic heterocycles. The number of unbranched alkanes of at least 4 members (excludes halogenated alkanes) is 1. The third-order valence-electron chi connectivity index (χ3n) is 1.04. The molecule has 0 aliphatic carbocycles. The summed E-state index contributed by atoms with van der Waals surface area (Å²) < 4.78 is 0. The van der Waals surface area contributed by atoms with Crippen molar-refractivity contribution in [2.24, 2.45) is 0 Å². The SMILES string of the molecule is C/C=C/C=C/C(=O)O.CCCC. The highest BCUT2D eigenvalue weighted by Crippen LogP contribution is 1.76. The molecule has 12 heavy (non-hydrogen) atoms. The second-order valence-electron chi connectivity index (χ2n) is 2.22. The van der Waals surface area contributed by atoms with Crippen LogP contribution in [0.3, 0.4) is 0 Å². The van der Waals surface area contributed by atoms with Crippen molar-refractivity contribution in [3.05, 3.63) is 24.3 Å². The van der Waals surface area contributed by atoms with Crippen LogP contribution < -0.4 is 0 Å². The summed E-state index contributed by atoms with van der Waals surface area (Å²) in [5.74, 6) is -0.914. The lowest BCUT2D eigenvalue weighted by atomic mass is 10.4. The van der Waals surface area contributed by atoms with Gasteiger partial charge in [-0.3, -0.25) is 0 Å². The molecule has 0 aromatic rings. The van der Waals surface area contributed by atoms with E-state index in [4.69, 9.17) is 5.11 Å². The molecule has 0 unspecified atom stereocenters. The maximum atomic E-state index is 9.75. The van der Waals surface area contributed by atoms with E-state index in [1.54, 1.807) is 12.2 Å². The van der Waals surface area contributed by atoms with Gasteiger partial charge in [0.15, 0.2) is 0 Å². The summed E-state index contributed by atoms with van der Waals surface area (Å²) >= 11 is 0. The van der Waals surface area contributed by atoms with Crippen molar-refractivity contribution in [3.8, 4) is 0 Å². The van der Waals surface area contributed by atoms with Crippen LogP contribution in [0.5, 0.6) is 0 Å². The smallest absolute Gasteiger partial charge is 0.328 e. The van der Waals surface area contributed by atoms with Gasteiger partial charge in [0.1, 0.15) is 0 Å². The van der Waals surface area contributed by atoms with Crippen LogP contribution in [-0.4, -0.2) is 11.1 Å².